The van der Waals surface area contributed by atoms with Crippen LogP contribution in [-0.4, -0.2) is 4.98 Å². The number of benzene rings is 2. The first-order chi connectivity index (χ1) is 9.47. The van der Waals surface area contributed by atoms with Gasteiger partial charge in [0.15, 0.2) is 0 Å². The fourth-order valence-electron chi connectivity index (χ4n) is 2.22. The van der Waals surface area contributed by atoms with Crippen LogP contribution in [0.5, 0.6) is 0 Å². The van der Waals surface area contributed by atoms with Crippen molar-refractivity contribution < 1.29 is 13.2 Å². The van der Waals surface area contributed by atoms with Gasteiger partial charge in [0.25, 0.3) is 0 Å². The van der Waals surface area contributed by atoms with Crippen LogP contribution in [0.2, 0.25) is 5.02 Å². The van der Waals surface area contributed by atoms with Crippen LogP contribution in [0.4, 0.5) is 13.2 Å². The molecule has 3 rings (SSSR count). The lowest BCUT2D eigenvalue weighted by atomic mass is 10.0. The maximum atomic E-state index is 13.2. The molecule has 0 saturated heterocycles. The van der Waals surface area contributed by atoms with E-state index in [4.69, 9.17) is 11.6 Å². The number of hydrogen-bond acceptors (Lipinski definition) is 0. The molecule has 0 spiro atoms. The number of nitrogens with one attached hydrogen (secondary N) is 1. The highest BCUT2D eigenvalue weighted by Crippen LogP contribution is 2.39. The van der Waals surface area contributed by atoms with Gasteiger partial charge in [-0.25, -0.2) is 0 Å². The van der Waals surface area contributed by atoms with E-state index in [2.05, 4.69) is 4.98 Å². The maximum Gasteiger partial charge on any atom is 0.418 e. The number of rotatable bonds is 1. The zero-order chi connectivity index (χ0) is 14.3. The molecule has 1 heterocycles. The highest BCUT2D eigenvalue weighted by molar-refractivity contribution is 6.35. The molecule has 0 aliphatic rings. The summed E-state index contributed by atoms with van der Waals surface area (Å²) in [6.45, 7) is 0. The maximum absolute atomic E-state index is 13.2. The van der Waals surface area contributed by atoms with Gasteiger partial charge in [0.2, 0.25) is 0 Å². The summed E-state index contributed by atoms with van der Waals surface area (Å²) >= 11 is 5.96. The number of fused-ring (bicyclic) bond motifs is 1. The molecule has 0 unspecified atom stereocenters. The van der Waals surface area contributed by atoms with Crippen LogP contribution in [0.25, 0.3) is 22.0 Å². The molecule has 1 N–H and O–H groups in total. The Balaban J connectivity index is 2.33. The predicted octanol–water partition coefficient (Wildman–Crippen LogP) is 5.51. The van der Waals surface area contributed by atoms with Crippen LogP contribution in [0, 0.1) is 0 Å². The molecule has 0 atom stereocenters. The zero-order valence-electron chi connectivity index (χ0n) is 10.1. The molecule has 2 aromatic carbocycles. The van der Waals surface area contributed by atoms with E-state index in [1.807, 2.05) is 6.07 Å². The summed E-state index contributed by atoms with van der Waals surface area (Å²) in [5.74, 6) is 0. The van der Waals surface area contributed by atoms with Crippen LogP contribution in [0.3, 0.4) is 0 Å². The minimum Gasteiger partial charge on any atom is -0.359 e. The molecule has 1 aromatic heterocycles. The van der Waals surface area contributed by atoms with Gasteiger partial charge in [-0.1, -0.05) is 41.9 Å². The second-order valence-electron chi connectivity index (χ2n) is 4.45. The number of hydrogen-bond donors (Lipinski definition) is 1. The van der Waals surface area contributed by atoms with Crippen molar-refractivity contribution in [2.75, 3.05) is 0 Å². The average Bonchev–Trinajstić information content (AvgIpc) is 2.79. The highest BCUT2D eigenvalue weighted by atomic mass is 35.5. The average molecular weight is 296 g/mol. The molecule has 0 amide bonds. The largest absolute Gasteiger partial charge is 0.418 e. The van der Waals surface area contributed by atoms with E-state index in [1.165, 1.54) is 6.20 Å². The van der Waals surface area contributed by atoms with E-state index < -0.39 is 11.7 Å². The molecule has 102 valence electrons. The van der Waals surface area contributed by atoms with Crippen molar-refractivity contribution in [3.63, 3.8) is 0 Å². The topological polar surface area (TPSA) is 15.8 Å². The second-order valence-corrected chi connectivity index (χ2v) is 4.85. The first-order valence-electron chi connectivity index (χ1n) is 5.90. The Morgan fingerprint density at radius 3 is 2.30 bits per heavy atom. The summed E-state index contributed by atoms with van der Waals surface area (Å²) in [4.78, 5) is 2.59. The lowest BCUT2D eigenvalue weighted by molar-refractivity contribution is -0.136. The third kappa shape index (κ3) is 2.16. The molecule has 20 heavy (non-hydrogen) atoms. The van der Waals surface area contributed by atoms with Crippen LogP contribution in [0.15, 0.2) is 48.7 Å². The van der Waals surface area contributed by atoms with Crippen LogP contribution in [0.1, 0.15) is 5.56 Å². The lowest BCUT2D eigenvalue weighted by Gasteiger charge is -2.11. The third-order valence-electron chi connectivity index (χ3n) is 3.15. The van der Waals surface area contributed by atoms with Gasteiger partial charge in [0.05, 0.1) is 16.1 Å². The van der Waals surface area contributed by atoms with E-state index in [-0.39, 0.29) is 10.5 Å². The standard InChI is InChI=1S/C15H9ClF3N/c16-13-8-20-14-11(13)6-10(7-12(14)15(17,18)19)9-4-2-1-3-5-9/h1-8,20H. The molecule has 0 radical (unpaired) electrons. The monoisotopic (exact) mass is 295 g/mol. The van der Waals surface area contributed by atoms with E-state index >= 15 is 0 Å². The van der Waals surface area contributed by atoms with E-state index in [9.17, 15) is 13.2 Å². The fraction of sp³-hybridized carbons (Fsp3) is 0.0667. The summed E-state index contributed by atoms with van der Waals surface area (Å²) in [6, 6.07) is 11.7. The normalized spacial score (nSPS) is 12.0. The Morgan fingerprint density at radius 1 is 0.950 bits per heavy atom. The van der Waals surface area contributed by atoms with Gasteiger partial charge in [-0.05, 0) is 23.3 Å². The molecular weight excluding hydrogens is 287 g/mol. The van der Waals surface area contributed by atoms with Crippen molar-refractivity contribution in [3.8, 4) is 11.1 Å². The molecule has 0 fully saturated rings. The van der Waals surface area contributed by atoms with Crippen molar-refractivity contribution in [2.24, 2.45) is 0 Å². The van der Waals surface area contributed by atoms with Gasteiger partial charge < -0.3 is 4.98 Å². The quantitative estimate of drug-likeness (QED) is 0.609. The second kappa shape index (κ2) is 4.56. The van der Waals surface area contributed by atoms with E-state index in [0.717, 1.165) is 11.6 Å². The molecule has 3 aromatic rings. The molecular formula is C15H9ClF3N. The van der Waals surface area contributed by atoms with Gasteiger partial charge >= 0.3 is 6.18 Å². The Labute approximate surface area is 118 Å². The number of aromatic nitrogens is 1. The lowest BCUT2D eigenvalue weighted by Crippen LogP contribution is -2.06. The minimum absolute atomic E-state index is 0.0159. The first-order valence-corrected chi connectivity index (χ1v) is 6.28. The Bertz CT molecular complexity index is 760. The third-order valence-corrected chi connectivity index (χ3v) is 3.46. The zero-order valence-corrected chi connectivity index (χ0v) is 10.9. The van der Waals surface area contributed by atoms with Gasteiger partial charge in [-0.15, -0.1) is 0 Å². The summed E-state index contributed by atoms with van der Waals surface area (Å²) in [5, 5.41) is 0.656. The molecule has 5 heteroatoms. The van der Waals surface area contributed by atoms with Gasteiger partial charge in [-0.3, -0.25) is 0 Å². The number of alkyl halides is 3. The minimum atomic E-state index is -4.43. The van der Waals surface area contributed by atoms with Crippen LogP contribution in [-0.2, 0) is 6.18 Å². The van der Waals surface area contributed by atoms with E-state index in [1.54, 1.807) is 30.3 Å². The van der Waals surface area contributed by atoms with Gasteiger partial charge in [-0.2, -0.15) is 13.2 Å². The summed E-state index contributed by atoms with van der Waals surface area (Å²) in [7, 11) is 0. The van der Waals surface area contributed by atoms with Crippen LogP contribution < -0.4 is 0 Å². The predicted molar refractivity (Wildman–Crippen MR) is 73.7 cm³/mol. The fourth-order valence-corrected chi connectivity index (χ4v) is 2.42. The van der Waals surface area contributed by atoms with Crippen molar-refractivity contribution in [1.29, 1.82) is 0 Å². The molecule has 0 aliphatic carbocycles. The number of H-pyrrole nitrogens is 1. The van der Waals surface area contributed by atoms with Crippen LogP contribution >= 0.6 is 11.6 Å². The first kappa shape index (κ1) is 13.1. The highest BCUT2D eigenvalue weighted by Gasteiger charge is 2.34. The number of aromatic amines is 1. The van der Waals surface area contributed by atoms with Gasteiger partial charge in [0, 0.05) is 11.6 Å². The molecule has 0 bridgehead atoms. The molecule has 1 nitrogen and oxygen atoms in total. The SMILES string of the molecule is FC(F)(F)c1cc(-c2ccccc2)cc2c(Cl)c[nH]c12. The van der Waals surface area contributed by atoms with Crippen molar-refractivity contribution in [2.45, 2.75) is 6.18 Å². The van der Waals surface area contributed by atoms with Crippen molar-refractivity contribution >= 4 is 22.5 Å². The summed E-state index contributed by atoms with van der Waals surface area (Å²) < 4.78 is 39.5. The Morgan fingerprint density at radius 2 is 1.65 bits per heavy atom. The Hall–Kier alpha value is -1.94. The Kier molecular flexibility index (Phi) is 2.98. The summed E-state index contributed by atoms with van der Waals surface area (Å²) in [6.07, 6.45) is -3.06. The smallest absolute Gasteiger partial charge is 0.359 e. The molecule has 0 aliphatic heterocycles. The van der Waals surface area contributed by atoms with Crippen molar-refractivity contribution in [3.05, 3.63) is 59.2 Å². The van der Waals surface area contributed by atoms with Gasteiger partial charge in [0.1, 0.15) is 0 Å². The summed E-state index contributed by atoms with van der Waals surface area (Å²) in [5.41, 5.74) is 0.520. The van der Waals surface area contributed by atoms with Crippen molar-refractivity contribution in [1.82, 2.24) is 4.98 Å². The van der Waals surface area contributed by atoms with E-state index in [0.29, 0.717) is 10.9 Å². The molecule has 0 saturated carbocycles. The number of halogens is 4.